The van der Waals surface area contributed by atoms with E-state index in [9.17, 15) is 18.3 Å². The van der Waals surface area contributed by atoms with Gasteiger partial charge in [-0.2, -0.15) is 13.2 Å². The van der Waals surface area contributed by atoms with E-state index in [2.05, 4.69) is 0 Å². The largest absolute Gasteiger partial charge is 0.416 e. The van der Waals surface area contributed by atoms with Crippen molar-refractivity contribution in [2.24, 2.45) is 5.92 Å². The van der Waals surface area contributed by atoms with Crippen molar-refractivity contribution < 1.29 is 18.3 Å². The molecule has 1 aromatic rings. The minimum absolute atomic E-state index is 0. The van der Waals surface area contributed by atoms with Crippen molar-refractivity contribution in [2.75, 3.05) is 20.6 Å². The Balaban J connectivity index is 0.00000400. The molecule has 0 saturated carbocycles. The van der Waals surface area contributed by atoms with Crippen LogP contribution in [0.1, 0.15) is 31.4 Å². The molecular weight excluding hydrogens is 303 g/mol. The quantitative estimate of drug-likeness (QED) is 0.887. The van der Waals surface area contributed by atoms with Crippen LogP contribution in [0.2, 0.25) is 0 Å². The Morgan fingerprint density at radius 1 is 1.19 bits per heavy atom. The van der Waals surface area contributed by atoms with Crippen molar-refractivity contribution in [3.8, 4) is 0 Å². The summed E-state index contributed by atoms with van der Waals surface area (Å²) in [6.45, 7) is 4.23. The topological polar surface area (TPSA) is 23.5 Å². The molecule has 0 heterocycles. The van der Waals surface area contributed by atoms with Crippen LogP contribution >= 0.6 is 12.4 Å². The first-order chi connectivity index (χ1) is 9.11. The third-order valence-corrected chi connectivity index (χ3v) is 3.68. The maximum atomic E-state index is 12.8. The van der Waals surface area contributed by atoms with Gasteiger partial charge in [0.2, 0.25) is 0 Å². The van der Waals surface area contributed by atoms with Crippen molar-refractivity contribution >= 4 is 12.4 Å². The predicted molar refractivity (Wildman–Crippen MR) is 80.6 cm³/mol. The van der Waals surface area contributed by atoms with Crippen LogP contribution < -0.4 is 0 Å². The summed E-state index contributed by atoms with van der Waals surface area (Å²) in [6, 6.07) is 4.98. The van der Waals surface area contributed by atoms with Crippen molar-refractivity contribution in [2.45, 2.75) is 32.0 Å². The van der Waals surface area contributed by atoms with E-state index in [4.69, 9.17) is 0 Å². The van der Waals surface area contributed by atoms with E-state index in [1.54, 1.807) is 13.0 Å². The number of hydrogen-bond donors (Lipinski definition) is 1. The molecule has 0 unspecified atom stereocenters. The van der Waals surface area contributed by atoms with Gasteiger partial charge < -0.3 is 10.0 Å². The number of nitrogens with zero attached hydrogens (tertiary/aromatic N) is 1. The highest BCUT2D eigenvalue weighted by Crippen LogP contribution is 2.37. The van der Waals surface area contributed by atoms with Crippen LogP contribution in [0.5, 0.6) is 0 Å². The second-order valence-corrected chi connectivity index (χ2v) is 5.52. The third-order valence-electron chi connectivity index (χ3n) is 3.68. The summed E-state index contributed by atoms with van der Waals surface area (Å²) in [5.41, 5.74) is -1.66. The van der Waals surface area contributed by atoms with Gasteiger partial charge in [-0.1, -0.05) is 26.0 Å². The first-order valence-electron chi connectivity index (χ1n) is 6.66. The normalized spacial score (nSPS) is 16.2. The van der Waals surface area contributed by atoms with Crippen LogP contribution in [0.3, 0.4) is 0 Å². The second kappa shape index (κ2) is 7.47. The van der Waals surface area contributed by atoms with Crippen molar-refractivity contribution in [1.29, 1.82) is 0 Å². The number of halogens is 4. The van der Waals surface area contributed by atoms with Crippen molar-refractivity contribution in [1.82, 2.24) is 4.90 Å². The average Bonchev–Trinajstić information content (AvgIpc) is 2.36. The summed E-state index contributed by atoms with van der Waals surface area (Å²) in [5.74, 6) is -0.175. The highest BCUT2D eigenvalue weighted by atomic mass is 35.5. The van der Waals surface area contributed by atoms with Crippen LogP contribution in [0.15, 0.2) is 24.3 Å². The number of rotatable bonds is 5. The zero-order chi connectivity index (χ0) is 15.6. The molecule has 1 N–H and O–H groups in total. The maximum Gasteiger partial charge on any atom is 0.416 e. The molecule has 122 valence electrons. The number of aliphatic hydroxyl groups is 1. The van der Waals surface area contributed by atoms with Crippen LogP contribution in [0, 0.1) is 5.92 Å². The van der Waals surface area contributed by atoms with Gasteiger partial charge >= 0.3 is 6.18 Å². The van der Waals surface area contributed by atoms with Gasteiger partial charge in [0.1, 0.15) is 0 Å². The fourth-order valence-corrected chi connectivity index (χ4v) is 2.50. The summed E-state index contributed by atoms with van der Waals surface area (Å²) in [6.07, 6.45) is -4.03. The lowest BCUT2D eigenvalue weighted by atomic mass is 9.79. The first-order valence-corrected chi connectivity index (χ1v) is 6.66. The van der Waals surface area contributed by atoms with Crippen molar-refractivity contribution in [3.63, 3.8) is 0 Å². The van der Waals surface area contributed by atoms with E-state index >= 15 is 0 Å². The molecule has 0 bridgehead atoms. The summed E-state index contributed by atoms with van der Waals surface area (Å²) < 4.78 is 38.3. The molecule has 0 amide bonds. The Morgan fingerprint density at radius 2 is 1.71 bits per heavy atom. The Hall–Kier alpha value is -0.780. The molecule has 2 atom stereocenters. The molecule has 0 radical (unpaired) electrons. The SMILES string of the molecule is CC[C@](O)(c1cccc(C(F)(F)F)c1)[C@H](C)CN(C)C.Cl. The lowest BCUT2D eigenvalue weighted by molar-refractivity contribution is -0.137. The minimum Gasteiger partial charge on any atom is -0.385 e. The highest BCUT2D eigenvalue weighted by Gasteiger charge is 2.37. The van der Waals surface area contributed by atoms with Gasteiger partial charge in [-0.3, -0.25) is 0 Å². The zero-order valence-corrected chi connectivity index (χ0v) is 13.6. The zero-order valence-electron chi connectivity index (χ0n) is 12.7. The Morgan fingerprint density at radius 3 is 2.14 bits per heavy atom. The van der Waals surface area contributed by atoms with Crippen LogP contribution in [0.25, 0.3) is 0 Å². The van der Waals surface area contributed by atoms with E-state index < -0.39 is 17.3 Å². The lowest BCUT2D eigenvalue weighted by Crippen LogP contribution is -2.38. The van der Waals surface area contributed by atoms with Crippen LogP contribution in [-0.4, -0.2) is 30.6 Å². The van der Waals surface area contributed by atoms with Crippen LogP contribution in [0.4, 0.5) is 13.2 Å². The monoisotopic (exact) mass is 325 g/mol. The minimum atomic E-state index is -4.39. The molecule has 21 heavy (non-hydrogen) atoms. The van der Waals surface area contributed by atoms with Gasteiger partial charge in [0.05, 0.1) is 11.2 Å². The Kier molecular flexibility index (Phi) is 7.20. The fraction of sp³-hybridized carbons (Fsp3) is 0.600. The molecular formula is C15H23ClF3NO. The number of hydrogen-bond acceptors (Lipinski definition) is 2. The number of benzene rings is 1. The number of alkyl halides is 3. The summed E-state index contributed by atoms with van der Waals surface area (Å²) in [4.78, 5) is 1.92. The average molecular weight is 326 g/mol. The van der Waals surface area contributed by atoms with E-state index in [0.29, 0.717) is 18.5 Å². The van der Waals surface area contributed by atoms with Crippen LogP contribution in [-0.2, 0) is 11.8 Å². The van der Waals surface area contributed by atoms with Gasteiger partial charge in [0.15, 0.2) is 0 Å². The molecule has 0 aliphatic heterocycles. The second-order valence-electron chi connectivity index (χ2n) is 5.52. The van der Waals surface area contributed by atoms with Gasteiger partial charge in [-0.15, -0.1) is 12.4 Å². The summed E-state index contributed by atoms with van der Waals surface area (Å²) in [7, 11) is 3.75. The van der Waals surface area contributed by atoms with Gasteiger partial charge in [-0.25, -0.2) is 0 Å². The molecule has 0 fully saturated rings. The van der Waals surface area contributed by atoms with E-state index in [1.165, 1.54) is 6.07 Å². The first kappa shape index (κ1) is 20.2. The van der Waals surface area contributed by atoms with Crippen molar-refractivity contribution in [3.05, 3.63) is 35.4 Å². The predicted octanol–water partition coefficient (Wildman–Crippen LogP) is 3.92. The molecule has 0 saturated heterocycles. The smallest absolute Gasteiger partial charge is 0.385 e. The molecule has 1 aromatic carbocycles. The molecule has 6 heteroatoms. The highest BCUT2D eigenvalue weighted by molar-refractivity contribution is 5.85. The van der Waals surface area contributed by atoms with Gasteiger partial charge in [0, 0.05) is 12.5 Å². The van der Waals surface area contributed by atoms with E-state index in [-0.39, 0.29) is 18.3 Å². The molecule has 1 rings (SSSR count). The summed E-state index contributed by atoms with van der Waals surface area (Å²) >= 11 is 0. The molecule has 0 aromatic heterocycles. The molecule has 0 aliphatic carbocycles. The fourth-order valence-electron chi connectivity index (χ4n) is 2.50. The van der Waals surface area contributed by atoms with Gasteiger partial charge in [-0.05, 0) is 38.2 Å². The third kappa shape index (κ3) is 4.87. The molecule has 0 spiro atoms. The maximum absolute atomic E-state index is 12.8. The lowest BCUT2D eigenvalue weighted by Gasteiger charge is -2.35. The Labute approximate surface area is 130 Å². The molecule has 2 nitrogen and oxygen atoms in total. The van der Waals surface area contributed by atoms with E-state index in [1.807, 2.05) is 25.9 Å². The summed E-state index contributed by atoms with van der Waals surface area (Å²) in [5, 5.41) is 10.8. The molecule has 0 aliphatic rings. The van der Waals surface area contributed by atoms with Gasteiger partial charge in [0.25, 0.3) is 0 Å². The Bertz CT molecular complexity index is 451. The standard InChI is InChI=1S/C15H22F3NO.ClH/c1-5-14(20,11(2)10-19(3)4)12-7-6-8-13(9-12)15(16,17)18;/h6-9,11,20H,5,10H2,1-4H3;1H/t11-,14-;/m1./s1. The van der Waals surface area contributed by atoms with E-state index in [0.717, 1.165) is 12.1 Å².